The Morgan fingerprint density at radius 3 is 2.44 bits per heavy atom. The van der Waals surface area contributed by atoms with Gasteiger partial charge in [0.2, 0.25) is 0 Å². The van der Waals surface area contributed by atoms with Crippen molar-refractivity contribution in [3.63, 3.8) is 0 Å². The summed E-state index contributed by atoms with van der Waals surface area (Å²) < 4.78 is 24.6. The molecule has 1 aliphatic rings. The van der Waals surface area contributed by atoms with Crippen LogP contribution in [0.15, 0.2) is 0 Å². The molecule has 2 N–H and O–H groups in total. The Labute approximate surface area is 98.2 Å². The number of carbonyl (C=O) groups is 1. The van der Waals surface area contributed by atoms with Crippen LogP contribution in [0.4, 0.5) is 4.79 Å². The first-order chi connectivity index (χ1) is 7.22. The fourth-order valence-electron chi connectivity index (χ4n) is 1.38. The number of ether oxygens (including phenoxy) is 1. The van der Waals surface area contributed by atoms with Crippen LogP contribution in [0.5, 0.6) is 0 Å². The minimum Gasteiger partial charge on any atom is -0.444 e. The molecule has 1 unspecified atom stereocenters. The van der Waals surface area contributed by atoms with Crippen molar-refractivity contribution in [3.8, 4) is 0 Å². The van der Waals surface area contributed by atoms with Crippen molar-refractivity contribution in [2.45, 2.75) is 39.2 Å². The van der Waals surface area contributed by atoms with E-state index >= 15 is 0 Å². The Morgan fingerprint density at radius 2 is 2.06 bits per heavy atom. The van der Waals surface area contributed by atoms with Crippen LogP contribution >= 0.6 is 0 Å². The summed E-state index contributed by atoms with van der Waals surface area (Å²) >= 11 is -1.80. The van der Waals surface area contributed by atoms with Crippen molar-refractivity contribution in [2.24, 2.45) is 5.41 Å². The zero-order valence-electron chi connectivity index (χ0n) is 9.91. The number of rotatable bonds is 4. The number of amides is 1. The minimum atomic E-state index is -1.80. The zero-order valence-corrected chi connectivity index (χ0v) is 10.7. The topological polar surface area (TPSA) is 75.6 Å². The molecule has 0 aromatic carbocycles. The monoisotopic (exact) mass is 249 g/mol. The first kappa shape index (κ1) is 13.4. The van der Waals surface area contributed by atoms with Gasteiger partial charge in [-0.2, -0.15) is 0 Å². The van der Waals surface area contributed by atoms with Crippen LogP contribution in [0.1, 0.15) is 33.6 Å². The molecule has 0 aliphatic heterocycles. The smallest absolute Gasteiger partial charge is 0.407 e. The molecular formula is C10H19NO4S. The second kappa shape index (κ2) is 4.71. The highest BCUT2D eigenvalue weighted by Gasteiger charge is 2.44. The molecule has 1 atom stereocenters. The predicted octanol–water partition coefficient (Wildman–Crippen LogP) is 1.51. The summed E-state index contributed by atoms with van der Waals surface area (Å²) in [4.78, 5) is 11.3. The van der Waals surface area contributed by atoms with E-state index in [2.05, 4.69) is 5.32 Å². The molecule has 0 radical (unpaired) electrons. The van der Waals surface area contributed by atoms with Gasteiger partial charge >= 0.3 is 6.09 Å². The van der Waals surface area contributed by atoms with Crippen molar-refractivity contribution < 1.29 is 18.3 Å². The summed E-state index contributed by atoms with van der Waals surface area (Å²) in [5.74, 6) is 0.225. The average molecular weight is 249 g/mol. The lowest BCUT2D eigenvalue weighted by Crippen LogP contribution is -2.37. The molecule has 0 spiro atoms. The van der Waals surface area contributed by atoms with Crippen molar-refractivity contribution >= 4 is 17.2 Å². The standard InChI is InChI=1S/C10H19NO4S/c1-9(2,3)15-8(12)11-6-10(4-5-10)7-16(13)14/h4-7H2,1-3H3,(H,11,12)(H,13,14). The van der Waals surface area contributed by atoms with Gasteiger partial charge in [0, 0.05) is 12.0 Å². The van der Waals surface area contributed by atoms with E-state index in [1.165, 1.54) is 0 Å². The van der Waals surface area contributed by atoms with Crippen LogP contribution in [0.3, 0.4) is 0 Å². The molecule has 16 heavy (non-hydrogen) atoms. The number of alkyl carbamates (subject to hydrolysis) is 1. The average Bonchev–Trinajstić information content (AvgIpc) is 2.78. The van der Waals surface area contributed by atoms with Crippen LogP contribution in [0, 0.1) is 5.41 Å². The van der Waals surface area contributed by atoms with Gasteiger partial charge in [-0.1, -0.05) is 0 Å². The molecule has 5 nitrogen and oxygen atoms in total. The summed E-state index contributed by atoms with van der Waals surface area (Å²) in [5, 5.41) is 2.64. The zero-order chi connectivity index (χ0) is 12.4. The Kier molecular flexibility index (Phi) is 3.96. The van der Waals surface area contributed by atoms with Gasteiger partial charge in [-0.25, -0.2) is 9.00 Å². The summed E-state index contributed by atoms with van der Waals surface area (Å²) in [7, 11) is 0. The molecule has 0 aromatic heterocycles. The van der Waals surface area contributed by atoms with E-state index in [4.69, 9.17) is 9.29 Å². The van der Waals surface area contributed by atoms with Crippen LogP contribution < -0.4 is 5.32 Å². The summed E-state index contributed by atoms with van der Waals surface area (Å²) in [6.07, 6.45) is 1.30. The van der Waals surface area contributed by atoms with E-state index in [1.54, 1.807) is 20.8 Å². The maximum absolute atomic E-state index is 11.3. The first-order valence-electron chi connectivity index (χ1n) is 5.27. The van der Waals surface area contributed by atoms with Crippen LogP contribution in [0.2, 0.25) is 0 Å². The third kappa shape index (κ3) is 4.94. The second-order valence-corrected chi connectivity index (χ2v) is 6.25. The highest BCUT2D eigenvalue weighted by Crippen LogP contribution is 2.45. The Morgan fingerprint density at radius 1 is 1.50 bits per heavy atom. The van der Waals surface area contributed by atoms with Gasteiger partial charge in [0.15, 0.2) is 11.1 Å². The third-order valence-corrected chi connectivity index (χ3v) is 3.25. The van der Waals surface area contributed by atoms with E-state index in [-0.39, 0.29) is 11.2 Å². The molecule has 0 heterocycles. The van der Waals surface area contributed by atoms with E-state index in [0.717, 1.165) is 12.8 Å². The third-order valence-electron chi connectivity index (χ3n) is 2.39. The van der Waals surface area contributed by atoms with E-state index in [1.807, 2.05) is 0 Å². The molecule has 1 amide bonds. The Hall–Kier alpha value is -0.620. The lowest BCUT2D eigenvalue weighted by molar-refractivity contribution is 0.0518. The van der Waals surface area contributed by atoms with Crippen LogP contribution in [-0.2, 0) is 15.8 Å². The Balaban J connectivity index is 2.29. The molecule has 6 heteroatoms. The number of hydrogen-bond acceptors (Lipinski definition) is 3. The molecule has 0 bridgehead atoms. The molecule has 94 valence electrons. The fraction of sp³-hybridized carbons (Fsp3) is 0.900. The van der Waals surface area contributed by atoms with Gasteiger partial charge in [-0.3, -0.25) is 0 Å². The summed E-state index contributed by atoms with van der Waals surface area (Å²) in [6.45, 7) is 5.79. The van der Waals surface area contributed by atoms with E-state index in [9.17, 15) is 9.00 Å². The number of nitrogens with one attached hydrogen (secondary N) is 1. The lowest BCUT2D eigenvalue weighted by Gasteiger charge is -2.21. The molecule has 0 aromatic rings. The van der Waals surface area contributed by atoms with Crippen molar-refractivity contribution in [1.29, 1.82) is 0 Å². The number of hydrogen-bond donors (Lipinski definition) is 2. The van der Waals surface area contributed by atoms with Gasteiger partial charge in [0.05, 0.1) is 5.75 Å². The maximum Gasteiger partial charge on any atom is 0.407 e. The largest absolute Gasteiger partial charge is 0.444 e. The highest BCUT2D eigenvalue weighted by atomic mass is 32.2. The quantitative estimate of drug-likeness (QED) is 0.741. The van der Waals surface area contributed by atoms with E-state index < -0.39 is 22.8 Å². The lowest BCUT2D eigenvalue weighted by atomic mass is 10.1. The summed E-state index contributed by atoms with van der Waals surface area (Å²) in [5.41, 5.74) is -0.697. The minimum absolute atomic E-state index is 0.184. The van der Waals surface area contributed by atoms with Crippen molar-refractivity contribution in [3.05, 3.63) is 0 Å². The van der Waals surface area contributed by atoms with Gasteiger partial charge in [-0.05, 0) is 33.6 Å². The summed E-state index contributed by atoms with van der Waals surface area (Å²) in [6, 6.07) is 0. The fourth-order valence-corrected chi connectivity index (χ4v) is 2.30. The normalized spacial score (nSPS) is 20.0. The predicted molar refractivity (Wildman–Crippen MR) is 61.5 cm³/mol. The molecule has 0 saturated heterocycles. The van der Waals surface area contributed by atoms with E-state index in [0.29, 0.717) is 6.54 Å². The molecule has 1 fully saturated rings. The maximum atomic E-state index is 11.3. The molecular weight excluding hydrogens is 230 g/mol. The molecule has 1 rings (SSSR count). The Bertz CT molecular complexity index is 294. The molecule has 1 aliphatic carbocycles. The highest BCUT2D eigenvalue weighted by molar-refractivity contribution is 7.79. The van der Waals surface area contributed by atoms with Gasteiger partial charge in [0.1, 0.15) is 5.60 Å². The number of carbonyl (C=O) groups excluding carboxylic acids is 1. The first-order valence-corrected chi connectivity index (χ1v) is 6.54. The SMILES string of the molecule is CC(C)(C)OC(=O)NCC1(CS(=O)O)CC1. The van der Waals surface area contributed by atoms with Gasteiger partial charge < -0.3 is 14.6 Å². The molecule has 1 saturated carbocycles. The van der Waals surface area contributed by atoms with Gasteiger partial charge in [0.25, 0.3) is 0 Å². The van der Waals surface area contributed by atoms with Gasteiger partial charge in [-0.15, -0.1) is 0 Å². The van der Waals surface area contributed by atoms with Crippen molar-refractivity contribution in [2.75, 3.05) is 12.3 Å². The van der Waals surface area contributed by atoms with Crippen LogP contribution in [-0.4, -0.2) is 32.8 Å². The second-order valence-electron chi connectivity index (χ2n) is 5.32. The van der Waals surface area contributed by atoms with Crippen LogP contribution in [0.25, 0.3) is 0 Å². The van der Waals surface area contributed by atoms with Crippen molar-refractivity contribution in [1.82, 2.24) is 5.32 Å².